The van der Waals surface area contributed by atoms with Gasteiger partial charge in [0.15, 0.2) is 5.96 Å². The topological polar surface area (TPSA) is 45.7 Å². The van der Waals surface area contributed by atoms with Crippen LogP contribution in [0.4, 0.5) is 0 Å². The van der Waals surface area contributed by atoms with Crippen LogP contribution in [0.2, 0.25) is 0 Å². The largest absolute Gasteiger partial charge is 0.497 e. The number of methoxy groups -OCH3 is 1. The normalized spacial score (nSPS) is 14.3. The third kappa shape index (κ3) is 7.02. The third-order valence-electron chi connectivity index (χ3n) is 3.55. The van der Waals surface area contributed by atoms with E-state index in [-0.39, 0.29) is 24.0 Å². The second-order valence-electron chi connectivity index (χ2n) is 5.28. The molecule has 1 saturated carbocycles. The predicted octanol–water partition coefficient (Wildman–Crippen LogP) is 2.82. The molecule has 0 bridgehead atoms. The fourth-order valence-electron chi connectivity index (χ4n) is 2.11. The van der Waals surface area contributed by atoms with Gasteiger partial charge < -0.3 is 15.4 Å². The van der Waals surface area contributed by atoms with Crippen molar-refractivity contribution in [2.24, 2.45) is 10.9 Å². The molecule has 1 aliphatic carbocycles. The highest BCUT2D eigenvalue weighted by Crippen LogP contribution is 2.27. The lowest BCUT2D eigenvalue weighted by molar-refractivity contribution is 0.414. The van der Waals surface area contributed by atoms with Crippen LogP contribution >= 0.6 is 24.0 Å². The molecule has 5 heteroatoms. The first-order valence-electron chi connectivity index (χ1n) is 7.39. The van der Waals surface area contributed by atoms with E-state index in [9.17, 15) is 0 Å². The zero-order valence-electron chi connectivity index (χ0n) is 12.9. The molecule has 0 amide bonds. The highest BCUT2D eigenvalue weighted by molar-refractivity contribution is 14.0. The number of hydrogen-bond donors (Lipinski definition) is 2. The van der Waals surface area contributed by atoms with E-state index in [4.69, 9.17) is 4.74 Å². The number of aliphatic imine (C=N–C) groups is 1. The van der Waals surface area contributed by atoms with Crippen molar-refractivity contribution in [1.29, 1.82) is 0 Å². The number of hydrogen-bond acceptors (Lipinski definition) is 2. The van der Waals surface area contributed by atoms with Crippen LogP contribution in [0, 0.1) is 5.92 Å². The SMILES string of the molecule is CN=C(NCCCc1cccc(OC)c1)NCC1CC1.I. The summed E-state index contributed by atoms with van der Waals surface area (Å²) in [6.45, 7) is 1.98. The summed E-state index contributed by atoms with van der Waals surface area (Å²) < 4.78 is 5.23. The van der Waals surface area contributed by atoms with E-state index in [2.05, 4.69) is 27.8 Å². The molecule has 1 aromatic rings. The quantitative estimate of drug-likeness (QED) is 0.319. The minimum atomic E-state index is 0. The number of guanidine groups is 1. The molecule has 21 heavy (non-hydrogen) atoms. The molecule has 2 N–H and O–H groups in total. The molecule has 0 radical (unpaired) electrons. The van der Waals surface area contributed by atoms with Crippen LogP contribution in [0.15, 0.2) is 29.3 Å². The van der Waals surface area contributed by atoms with E-state index in [1.165, 1.54) is 18.4 Å². The fraction of sp³-hybridized carbons (Fsp3) is 0.562. The number of benzene rings is 1. The zero-order chi connectivity index (χ0) is 14.2. The Morgan fingerprint density at radius 2 is 2.14 bits per heavy atom. The van der Waals surface area contributed by atoms with Crippen LogP contribution in [-0.4, -0.2) is 33.2 Å². The molecule has 0 saturated heterocycles. The monoisotopic (exact) mass is 403 g/mol. The first-order valence-corrected chi connectivity index (χ1v) is 7.39. The molecule has 0 aliphatic heterocycles. The van der Waals surface area contributed by atoms with E-state index < -0.39 is 0 Å². The molecule has 0 atom stereocenters. The lowest BCUT2D eigenvalue weighted by Crippen LogP contribution is -2.38. The molecular formula is C16H26IN3O. The van der Waals surface area contributed by atoms with Crippen molar-refractivity contribution in [3.05, 3.63) is 29.8 Å². The van der Waals surface area contributed by atoms with Gasteiger partial charge in [-0.05, 0) is 49.3 Å². The molecule has 1 aliphatic rings. The first kappa shape index (κ1) is 18.1. The average Bonchev–Trinajstić information content (AvgIpc) is 3.31. The first-order chi connectivity index (χ1) is 9.81. The highest BCUT2D eigenvalue weighted by Gasteiger charge is 2.20. The van der Waals surface area contributed by atoms with E-state index >= 15 is 0 Å². The Hall–Kier alpha value is -0.980. The van der Waals surface area contributed by atoms with Crippen LogP contribution in [0.3, 0.4) is 0 Å². The van der Waals surface area contributed by atoms with Gasteiger partial charge in [0.1, 0.15) is 5.75 Å². The summed E-state index contributed by atoms with van der Waals surface area (Å²) in [6.07, 6.45) is 4.85. The molecule has 0 spiro atoms. The Labute approximate surface area is 144 Å². The number of nitrogens with zero attached hydrogens (tertiary/aromatic N) is 1. The van der Waals surface area contributed by atoms with Gasteiger partial charge in [-0.2, -0.15) is 0 Å². The summed E-state index contributed by atoms with van der Waals surface area (Å²) in [5, 5.41) is 6.73. The summed E-state index contributed by atoms with van der Waals surface area (Å²) in [5.74, 6) is 2.71. The molecule has 0 unspecified atom stereocenters. The second kappa shape index (κ2) is 9.87. The summed E-state index contributed by atoms with van der Waals surface area (Å²) in [5.41, 5.74) is 1.31. The van der Waals surface area contributed by atoms with Crippen molar-refractivity contribution in [2.45, 2.75) is 25.7 Å². The Balaban J connectivity index is 0.00000220. The maximum Gasteiger partial charge on any atom is 0.190 e. The third-order valence-corrected chi connectivity index (χ3v) is 3.55. The van der Waals surface area contributed by atoms with Crippen LogP contribution in [0.1, 0.15) is 24.8 Å². The van der Waals surface area contributed by atoms with Crippen LogP contribution < -0.4 is 15.4 Å². The second-order valence-corrected chi connectivity index (χ2v) is 5.28. The molecule has 0 heterocycles. The maximum atomic E-state index is 5.23. The van der Waals surface area contributed by atoms with E-state index in [0.717, 1.165) is 43.6 Å². The van der Waals surface area contributed by atoms with Gasteiger partial charge in [-0.3, -0.25) is 4.99 Å². The Kier molecular flexibility index (Phi) is 8.49. The molecule has 118 valence electrons. The van der Waals surface area contributed by atoms with Crippen LogP contribution in [0.5, 0.6) is 5.75 Å². The van der Waals surface area contributed by atoms with Gasteiger partial charge in [0.05, 0.1) is 7.11 Å². The lowest BCUT2D eigenvalue weighted by atomic mass is 10.1. The maximum absolute atomic E-state index is 5.23. The smallest absolute Gasteiger partial charge is 0.190 e. The minimum absolute atomic E-state index is 0. The number of halogens is 1. The molecule has 2 rings (SSSR count). The fourth-order valence-corrected chi connectivity index (χ4v) is 2.11. The Morgan fingerprint density at radius 1 is 1.33 bits per heavy atom. The predicted molar refractivity (Wildman–Crippen MR) is 98.8 cm³/mol. The zero-order valence-corrected chi connectivity index (χ0v) is 15.2. The minimum Gasteiger partial charge on any atom is -0.497 e. The molecular weight excluding hydrogens is 377 g/mol. The van der Waals surface area contributed by atoms with E-state index in [0.29, 0.717) is 0 Å². The van der Waals surface area contributed by atoms with E-state index in [1.54, 1.807) is 7.11 Å². The summed E-state index contributed by atoms with van der Waals surface area (Å²) in [7, 11) is 3.53. The van der Waals surface area contributed by atoms with Crippen LogP contribution in [0.25, 0.3) is 0 Å². The van der Waals surface area contributed by atoms with Gasteiger partial charge in [0.25, 0.3) is 0 Å². The number of ether oxygens (including phenoxy) is 1. The Bertz CT molecular complexity index is 447. The van der Waals surface area contributed by atoms with Gasteiger partial charge >= 0.3 is 0 Å². The standard InChI is InChI=1S/C16H25N3O.HI/c1-17-16(19-12-14-8-9-14)18-10-4-6-13-5-3-7-15(11-13)20-2;/h3,5,7,11,14H,4,6,8-10,12H2,1-2H3,(H2,17,18,19);1H. The summed E-state index contributed by atoms with van der Waals surface area (Å²) in [6, 6.07) is 8.26. The van der Waals surface area contributed by atoms with Crippen molar-refractivity contribution >= 4 is 29.9 Å². The van der Waals surface area contributed by atoms with Gasteiger partial charge in [-0.1, -0.05) is 12.1 Å². The Morgan fingerprint density at radius 3 is 2.81 bits per heavy atom. The van der Waals surface area contributed by atoms with Gasteiger partial charge in [0, 0.05) is 20.1 Å². The van der Waals surface area contributed by atoms with Crippen molar-refractivity contribution in [3.8, 4) is 5.75 Å². The molecule has 1 fully saturated rings. The van der Waals surface area contributed by atoms with Crippen molar-refractivity contribution < 1.29 is 4.74 Å². The summed E-state index contributed by atoms with van der Waals surface area (Å²) >= 11 is 0. The van der Waals surface area contributed by atoms with Crippen molar-refractivity contribution in [1.82, 2.24) is 10.6 Å². The molecule has 1 aromatic carbocycles. The van der Waals surface area contributed by atoms with Gasteiger partial charge in [-0.15, -0.1) is 24.0 Å². The van der Waals surface area contributed by atoms with Crippen molar-refractivity contribution in [2.75, 3.05) is 27.2 Å². The highest BCUT2D eigenvalue weighted by atomic mass is 127. The van der Waals surface area contributed by atoms with E-state index in [1.807, 2.05) is 19.2 Å². The average molecular weight is 403 g/mol. The van der Waals surface area contributed by atoms with Crippen molar-refractivity contribution in [3.63, 3.8) is 0 Å². The lowest BCUT2D eigenvalue weighted by Gasteiger charge is -2.11. The molecule has 4 nitrogen and oxygen atoms in total. The number of rotatable bonds is 7. The van der Waals surface area contributed by atoms with Gasteiger partial charge in [-0.25, -0.2) is 0 Å². The van der Waals surface area contributed by atoms with Crippen LogP contribution in [-0.2, 0) is 6.42 Å². The van der Waals surface area contributed by atoms with Gasteiger partial charge in [0.2, 0.25) is 0 Å². The number of nitrogens with one attached hydrogen (secondary N) is 2. The number of aryl methyl sites for hydroxylation is 1. The molecule has 0 aromatic heterocycles. The summed E-state index contributed by atoms with van der Waals surface area (Å²) in [4.78, 5) is 4.23.